The summed E-state index contributed by atoms with van der Waals surface area (Å²) in [5, 5.41) is 12.0. The van der Waals surface area contributed by atoms with Gasteiger partial charge in [0.2, 0.25) is 5.78 Å². The first kappa shape index (κ1) is 14.3. The molecule has 19 heavy (non-hydrogen) atoms. The van der Waals surface area contributed by atoms with E-state index in [2.05, 4.69) is 0 Å². The molecule has 0 aliphatic carbocycles. The maximum absolute atomic E-state index is 12.4. The molecule has 1 fully saturated rings. The molecule has 1 aliphatic heterocycles. The summed E-state index contributed by atoms with van der Waals surface area (Å²) in [5.41, 5.74) is -0.141. The Kier molecular flexibility index (Phi) is 4.42. The largest absolute Gasteiger partial charge is 0.379 e. The smallest absolute Gasteiger partial charge is 0.209 e. The van der Waals surface area contributed by atoms with Crippen molar-refractivity contribution < 1.29 is 14.6 Å². The molecule has 0 aromatic heterocycles. The van der Waals surface area contributed by atoms with E-state index in [1.54, 1.807) is 34.5 Å². The summed E-state index contributed by atoms with van der Waals surface area (Å²) >= 11 is 4.82. The van der Waals surface area contributed by atoms with E-state index in [0.29, 0.717) is 31.9 Å². The highest BCUT2D eigenvalue weighted by molar-refractivity contribution is 7.79. The Morgan fingerprint density at radius 3 is 2.47 bits per heavy atom. The van der Waals surface area contributed by atoms with E-state index in [0.717, 1.165) is 5.56 Å². The number of nitrogens with zero attached hydrogens (tertiary/aromatic N) is 1. The molecule has 0 bridgehead atoms. The van der Waals surface area contributed by atoms with Crippen LogP contribution in [-0.2, 0) is 4.74 Å². The Labute approximate surface area is 118 Å². The van der Waals surface area contributed by atoms with Gasteiger partial charge in [-0.15, -0.1) is 0 Å². The molecule has 0 spiro atoms. The van der Waals surface area contributed by atoms with E-state index in [1.807, 2.05) is 0 Å². The molecular formula is C14H17NO3S. The summed E-state index contributed by atoms with van der Waals surface area (Å²) in [7, 11) is 0. The lowest BCUT2D eigenvalue weighted by molar-refractivity contribution is -0.101. The lowest BCUT2D eigenvalue weighted by Gasteiger charge is -2.38. The summed E-state index contributed by atoms with van der Waals surface area (Å²) in [6.07, 6.45) is 0. The lowest BCUT2D eigenvalue weighted by Crippen LogP contribution is -2.56. The van der Waals surface area contributed by atoms with Crippen molar-refractivity contribution in [2.45, 2.75) is 12.6 Å². The van der Waals surface area contributed by atoms with Gasteiger partial charge in [-0.05, 0) is 12.5 Å². The number of thiocarbonyl (C=S) groups is 1. The van der Waals surface area contributed by atoms with Crippen LogP contribution in [0, 0.1) is 0 Å². The predicted octanol–water partition coefficient (Wildman–Crippen LogP) is 1.26. The topological polar surface area (TPSA) is 49.8 Å². The molecule has 1 N–H and O–H groups in total. The van der Waals surface area contributed by atoms with Crippen molar-refractivity contribution in [3.8, 4) is 0 Å². The van der Waals surface area contributed by atoms with E-state index in [1.165, 1.54) is 6.92 Å². The first-order valence-electron chi connectivity index (χ1n) is 6.21. The third-order valence-corrected chi connectivity index (χ3v) is 3.64. The van der Waals surface area contributed by atoms with Crippen molar-refractivity contribution in [3.05, 3.63) is 35.4 Å². The van der Waals surface area contributed by atoms with Gasteiger partial charge in [0.25, 0.3) is 0 Å². The van der Waals surface area contributed by atoms with Gasteiger partial charge in [0.05, 0.1) is 13.2 Å². The summed E-state index contributed by atoms with van der Waals surface area (Å²) in [4.78, 5) is 14.1. The zero-order valence-electron chi connectivity index (χ0n) is 10.8. The molecule has 1 unspecified atom stereocenters. The third-order valence-electron chi connectivity index (χ3n) is 3.37. The van der Waals surface area contributed by atoms with E-state index >= 15 is 0 Å². The Bertz CT molecular complexity index is 464. The van der Waals surface area contributed by atoms with E-state index in [9.17, 15) is 9.90 Å². The summed E-state index contributed by atoms with van der Waals surface area (Å²) in [5.74, 6) is -0.301. The molecule has 1 aromatic carbocycles. The van der Waals surface area contributed by atoms with Crippen LogP contribution in [0.5, 0.6) is 0 Å². The molecule has 1 atom stereocenters. The Morgan fingerprint density at radius 1 is 1.37 bits per heavy atom. The number of rotatable bonds is 4. The molecule has 5 heteroatoms. The minimum atomic E-state index is -1.50. The van der Waals surface area contributed by atoms with Gasteiger partial charge in [0, 0.05) is 24.0 Å². The second-order valence-electron chi connectivity index (χ2n) is 4.69. The molecule has 1 aliphatic rings. The highest BCUT2D eigenvalue weighted by Crippen LogP contribution is 2.19. The van der Waals surface area contributed by atoms with Gasteiger partial charge in [-0.25, -0.2) is 0 Å². The molecule has 102 valence electrons. The quantitative estimate of drug-likeness (QED) is 0.664. The first-order chi connectivity index (χ1) is 9.05. The molecule has 0 radical (unpaired) electrons. The van der Waals surface area contributed by atoms with Crippen LogP contribution in [0.15, 0.2) is 24.3 Å². The number of carbonyl (C=O) groups excluding carboxylic acids is 1. The summed E-state index contributed by atoms with van der Waals surface area (Å²) < 4.78 is 5.23. The SMILES string of the molecule is CC(O)(C(=O)c1ccc(C=S)cc1)N1CCOCC1. The van der Waals surface area contributed by atoms with Crippen LogP contribution in [0.1, 0.15) is 22.8 Å². The van der Waals surface area contributed by atoms with Gasteiger partial charge in [-0.2, -0.15) is 0 Å². The zero-order valence-corrected chi connectivity index (χ0v) is 11.7. The lowest BCUT2D eigenvalue weighted by atomic mass is 9.99. The average molecular weight is 279 g/mol. The number of ketones is 1. The Balaban J connectivity index is 2.18. The summed E-state index contributed by atoms with van der Waals surface area (Å²) in [6.45, 7) is 3.71. The van der Waals surface area contributed by atoms with Crippen molar-refractivity contribution in [2.75, 3.05) is 26.3 Å². The number of aliphatic hydroxyl groups is 1. The van der Waals surface area contributed by atoms with Gasteiger partial charge < -0.3 is 9.84 Å². The van der Waals surface area contributed by atoms with Crippen molar-refractivity contribution in [1.29, 1.82) is 0 Å². The molecule has 4 nitrogen and oxygen atoms in total. The van der Waals surface area contributed by atoms with Crippen molar-refractivity contribution in [1.82, 2.24) is 4.90 Å². The minimum absolute atomic E-state index is 0.301. The minimum Gasteiger partial charge on any atom is -0.379 e. The van der Waals surface area contributed by atoms with E-state index < -0.39 is 5.72 Å². The molecule has 2 rings (SSSR count). The van der Waals surface area contributed by atoms with Crippen LogP contribution in [0.4, 0.5) is 0 Å². The van der Waals surface area contributed by atoms with Crippen LogP contribution < -0.4 is 0 Å². The van der Waals surface area contributed by atoms with Crippen LogP contribution >= 0.6 is 12.2 Å². The maximum Gasteiger partial charge on any atom is 0.209 e. The predicted molar refractivity (Wildman–Crippen MR) is 76.5 cm³/mol. The van der Waals surface area contributed by atoms with E-state index in [-0.39, 0.29) is 5.78 Å². The Hall–Kier alpha value is -1.14. The van der Waals surface area contributed by atoms with Crippen molar-refractivity contribution >= 4 is 23.4 Å². The van der Waals surface area contributed by atoms with Crippen LogP contribution in [0.25, 0.3) is 0 Å². The van der Waals surface area contributed by atoms with Crippen LogP contribution in [-0.4, -0.2) is 53.2 Å². The van der Waals surface area contributed by atoms with Crippen LogP contribution in [0.3, 0.4) is 0 Å². The van der Waals surface area contributed by atoms with Crippen molar-refractivity contribution in [2.24, 2.45) is 0 Å². The monoisotopic (exact) mass is 279 g/mol. The maximum atomic E-state index is 12.4. The summed E-state index contributed by atoms with van der Waals surface area (Å²) in [6, 6.07) is 6.93. The van der Waals surface area contributed by atoms with Gasteiger partial charge in [-0.3, -0.25) is 9.69 Å². The number of morpholine rings is 1. The fourth-order valence-corrected chi connectivity index (χ4v) is 2.29. The average Bonchev–Trinajstić information content (AvgIpc) is 2.47. The van der Waals surface area contributed by atoms with Gasteiger partial charge in [-0.1, -0.05) is 36.5 Å². The first-order valence-corrected chi connectivity index (χ1v) is 6.68. The third kappa shape index (κ3) is 3.06. The highest BCUT2D eigenvalue weighted by atomic mass is 32.1. The number of carbonyl (C=O) groups is 1. The van der Waals surface area contributed by atoms with Crippen molar-refractivity contribution in [3.63, 3.8) is 0 Å². The molecule has 1 aromatic rings. The normalized spacial score (nSPS) is 19.7. The number of hydrogen-bond acceptors (Lipinski definition) is 5. The molecule has 0 amide bonds. The molecule has 0 saturated carbocycles. The highest BCUT2D eigenvalue weighted by Gasteiger charge is 2.38. The second-order valence-corrected chi connectivity index (χ2v) is 4.92. The standard InChI is InChI=1S/C14H17NO3S/c1-14(17,15-6-8-18-9-7-15)13(16)12-4-2-11(10-19)3-5-12/h2-5,10,17H,6-9H2,1H3. The number of benzene rings is 1. The molecule has 1 heterocycles. The number of Topliss-reactive ketones (excluding diaryl/α,β-unsaturated/α-hetero) is 1. The number of hydrogen-bond donors (Lipinski definition) is 1. The van der Waals surface area contributed by atoms with E-state index in [4.69, 9.17) is 17.0 Å². The van der Waals surface area contributed by atoms with Gasteiger partial charge in [0.1, 0.15) is 0 Å². The molecular weight excluding hydrogens is 262 g/mol. The molecule has 1 saturated heterocycles. The zero-order chi connectivity index (χ0) is 13.9. The van der Waals surface area contributed by atoms with Gasteiger partial charge in [0.15, 0.2) is 5.72 Å². The fraction of sp³-hybridized carbons (Fsp3) is 0.429. The second kappa shape index (κ2) is 5.88. The Morgan fingerprint density at radius 2 is 1.95 bits per heavy atom. The van der Waals surface area contributed by atoms with Gasteiger partial charge >= 0.3 is 0 Å². The van der Waals surface area contributed by atoms with Crippen LogP contribution in [0.2, 0.25) is 0 Å². The fourth-order valence-electron chi connectivity index (χ4n) is 2.13. The number of ether oxygens (including phenoxy) is 1.